The highest BCUT2D eigenvalue weighted by molar-refractivity contribution is 5.73. The summed E-state index contributed by atoms with van der Waals surface area (Å²) in [5.41, 5.74) is 5.07. The predicted molar refractivity (Wildman–Crippen MR) is 65.5 cm³/mol. The van der Waals surface area contributed by atoms with Gasteiger partial charge in [0.1, 0.15) is 0 Å². The van der Waals surface area contributed by atoms with Gasteiger partial charge < -0.3 is 5.73 Å². The van der Waals surface area contributed by atoms with E-state index in [0.717, 1.165) is 18.3 Å². The summed E-state index contributed by atoms with van der Waals surface area (Å²) in [5.74, 6) is 1.48. The molecule has 0 radical (unpaired) electrons. The van der Waals surface area contributed by atoms with Crippen LogP contribution in [0.3, 0.4) is 0 Å². The molecule has 90 valence electrons. The molecule has 1 aliphatic rings. The van der Waals surface area contributed by atoms with Gasteiger partial charge in [0.25, 0.3) is 0 Å². The van der Waals surface area contributed by atoms with E-state index in [1.54, 1.807) is 0 Å². The first-order chi connectivity index (χ1) is 7.02. The highest BCUT2D eigenvalue weighted by Crippen LogP contribution is 2.26. The number of hydrogen-bond acceptors (Lipinski definition) is 1. The molecule has 0 atom stereocenters. The molecule has 1 amide bonds. The summed E-state index contributed by atoms with van der Waals surface area (Å²) in [4.78, 5) is 10.5. The summed E-state index contributed by atoms with van der Waals surface area (Å²) in [6, 6.07) is 0. The summed E-state index contributed by atoms with van der Waals surface area (Å²) in [5, 5.41) is 0. The van der Waals surface area contributed by atoms with E-state index in [-0.39, 0.29) is 5.91 Å². The molecule has 0 aromatic carbocycles. The molecule has 0 saturated heterocycles. The Kier molecular flexibility index (Phi) is 8.44. The Balaban J connectivity index is 0.000000423. The second kappa shape index (κ2) is 8.75. The molecule has 1 saturated carbocycles. The van der Waals surface area contributed by atoms with Crippen LogP contribution in [0.4, 0.5) is 0 Å². The van der Waals surface area contributed by atoms with Gasteiger partial charge in [0.2, 0.25) is 5.91 Å². The van der Waals surface area contributed by atoms with Crippen molar-refractivity contribution >= 4 is 5.91 Å². The number of primary amides is 1. The molecule has 0 spiro atoms. The first-order valence-corrected chi connectivity index (χ1v) is 6.30. The van der Waals surface area contributed by atoms with Crippen LogP contribution in [0.15, 0.2) is 0 Å². The van der Waals surface area contributed by atoms with Crippen LogP contribution in [-0.2, 0) is 4.79 Å². The van der Waals surface area contributed by atoms with Gasteiger partial charge >= 0.3 is 0 Å². The van der Waals surface area contributed by atoms with Crippen molar-refractivity contribution in [3.05, 3.63) is 0 Å². The van der Waals surface area contributed by atoms with Crippen LogP contribution in [0.1, 0.15) is 65.7 Å². The Morgan fingerprint density at radius 1 is 1.20 bits per heavy atom. The third-order valence-corrected chi connectivity index (χ3v) is 2.52. The molecule has 0 bridgehead atoms. The first-order valence-electron chi connectivity index (χ1n) is 6.30. The van der Waals surface area contributed by atoms with Gasteiger partial charge in [-0.25, -0.2) is 0 Å². The van der Waals surface area contributed by atoms with Gasteiger partial charge in [-0.15, -0.1) is 0 Å². The van der Waals surface area contributed by atoms with E-state index in [9.17, 15) is 4.79 Å². The van der Waals surface area contributed by atoms with Gasteiger partial charge in [0.15, 0.2) is 0 Å². The zero-order valence-electron chi connectivity index (χ0n) is 10.6. The molecule has 1 fully saturated rings. The smallest absolute Gasteiger partial charge is 0.217 e. The Hall–Kier alpha value is -0.530. The van der Waals surface area contributed by atoms with Gasteiger partial charge in [-0.2, -0.15) is 0 Å². The van der Waals surface area contributed by atoms with E-state index in [1.807, 2.05) is 0 Å². The third-order valence-electron chi connectivity index (χ3n) is 2.52. The van der Waals surface area contributed by atoms with Gasteiger partial charge in [0.05, 0.1) is 0 Å². The second-order valence-electron chi connectivity index (χ2n) is 5.24. The monoisotopic (exact) mass is 213 g/mol. The fourth-order valence-corrected chi connectivity index (χ4v) is 1.82. The van der Waals surface area contributed by atoms with E-state index < -0.39 is 0 Å². The standard InChI is InChI=1S/C9H17NO.C4H10/c10-9(11)7-6-8-4-2-1-3-5-8;1-4(2)3/h8H,1-7H2,(H2,10,11);4H,1-3H3. The average Bonchev–Trinajstić information content (AvgIpc) is 2.15. The van der Waals surface area contributed by atoms with E-state index in [0.29, 0.717) is 6.42 Å². The van der Waals surface area contributed by atoms with Crippen molar-refractivity contribution in [3.63, 3.8) is 0 Å². The van der Waals surface area contributed by atoms with Crippen LogP contribution in [-0.4, -0.2) is 5.91 Å². The van der Waals surface area contributed by atoms with Crippen molar-refractivity contribution in [1.29, 1.82) is 0 Å². The maximum Gasteiger partial charge on any atom is 0.217 e. The second-order valence-corrected chi connectivity index (χ2v) is 5.24. The minimum absolute atomic E-state index is 0.143. The normalized spacial score (nSPS) is 17.1. The quantitative estimate of drug-likeness (QED) is 0.766. The van der Waals surface area contributed by atoms with E-state index in [1.165, 1.54) is 32.1 Å². The topological polar surface area (TPSA) is 43.1 Å². The minimum Gasteiger partial charge on any atom is -0.370 e. The van der Waals surface area contributed by atoms with Crippen molar-refractivity contribution in [3.8, 4) is 0 Å². The Morgan fingerprint density at radius 3 is 2.07 bits per heavy atom. The van der Waals surface area contributed by atoms with Gasteiger partial charge in [-0.05, 0) is 18.3 Å². The largest absolute Gasteiger partial charge is 0.370 e. The van der Waals surface area contributed by atoms with Crippen molar-refractivity contribution in [2.24, 2.45) is 17.6 Å². The van der Waals surface area contributed by atoms with Gasteiger partial charge in [0, 0.05) is 6.42 Å². The van der Waals surface area contributed by atoms with E-state index >= 15 is 0 Å². The van der Waals surface area contributed by atoms with Crippen LogP contribution >= 0.6 is 0 Å². The van der Waals surface area contributed by atoms with Gasteiger partial charge in [-0.3, -0.25) is 4.79 Å². The fourth-order valence-electron chi connectivity index (χ4n) is 1.82. The van der Waals surface area contributed by atoms with Crippen LogP contribution in [0, 0.1) is 11.8 Å². The lowest BCUT2D eigenvalue weighted by Crippen LogP contribution is -2.14. The lowest BCUT2D eigenvalue weighted by molar-refractivity contribution is -0.118. The maximum atomic E-state index is 10.5. The summed E-state index contributed by atoms with van der Waals surface area (Å²) in [7, 11) is 0. The summed E-state index contributed by atoms with van der Waals surface area (Å²) in [6.45, 7) is 6.50. The number of amides is 1. The van der Waals surface area contributed by atoms with Crippen molar-refractivity contribution in [2.75, 3.05) is 0 Å². The highest BCUT2D eigenvalue weighted by atomic mass is 16.1. The van der Waals surface area contributed by atoms with E-state index in [4.69, 9.17) is 5.73 Å². The summed E-state index contributed by atoms with van der Waals surface area (Å²) < 4.78 is 0. The molecule has 0 heterocycles. The number of carbonyl (C=O) groups is 1. The fraction of sp³-hybridized carbons (Fsp3) is 0.923. The van der Waals surface area contributed by atoms with Crippen LogP contribution in [0.25, 0.3) is 0 Å². The molecule has 0 aliphatic heterocycles. The number of nitrogens with two attached hydrogens (primary N) is 1. The molecular formula is C13H27NO. The molecule has 0 aromatic rings. The molecule has 2 N–H and O–H groups in total. The zero-order chi connectivity index (χ0) is 11.7. The van der Waals surface area contributed by atoms with Crippen molar-refractivity contribution in [1.82, 2.24) is 0 Å². The molecule has 1 rings (SSSR count). The van der Waals surface area contributed by atoms with E-state index in [2.05, 4.69) is 20.8 Å². The SMILES string of the molecule is CC(C)C.NC(=O)CCC1CCCCC1. The molecular weight excluding hydrogens is 186 g/mol. The van der Waals surface area contributed by atoms with Gasteiger partial charge in [-0.1, -0.05) is 52.9 Å². The average molecular weight is 213 g/mol. The highest BCUT2D eigenvalue weighted by Gasteiger charge is 2.13. The number of rotatable bonds is 3. The Labute approximate surface area is 94.6 Å². The molecule has 0 aromatic heterocycles. The van der Waals surface area contributed by atoms with Crippen molar-refractivity contribution in [2.45, 2.75) is 65.7 Å². The van der Waals surface area contributed by atoms with Crippen LogP contribution in [0.2, 0.25) is 0 Å². The summed E-state index contributed by atoms with van der Waals surface area (Å²) >= 11 is 0. The number of hydrogen-bond donors (Lipinski definition) is 1. The summed E-state index contributed by atoms with van der Waals surface area (Å²) in [6.07, 6.45) is 8.32. The molecule has 1 aliphatic carbocycles. The Morgan fingerprint density at radius 2 is 1.67 bits per heavy atom. The van der Waals surface area contributed by atoms with Crippen LogP contribution in [0.5, 0.6) is 0 Å². The molecule has 15 heavy (non-hydrogen) atoms. The van der Waals surface area contributed by atoms with Crippen LogP contribution < -0.4 is 5.73 Å². The minimum atomic E-state index is -0.143. The maximum absolute atomic E-state index is 10.5. The number of carbonyl (C=O) groups excluding carboxylic acids is 1. The zero-order valence-corrected chi connectivity index (χ0v) is 10.6. The predicted octanol–water partition coefficient (Wildman–Crippen LogP) is 3.49. The first kappa shape index (κ1) is 14.5. The lowest BCUT2D eigenvalue weighted by Gasteiger charge is -2.20. The molecule has 2 heteroatoms. The molecule has 0 unspecified atom stereocenters. The Bertz CT molecular complexity index is 157. The molecule has 2 nitrogen and oxygen atoms in total. The third kappa shape index (κ3) is 11.4. The lowest BCUT2D eigenvalue weighted by atomic mass is 9.86. The van der Waals surface area contributed by atoms with Crippen molar-refractivity contribution < 1.29 is 4.79 Å².